The summed E-state index contributed by atoms with van der Waals surface area (Å²) in [5.41, 5.74) is 0.718. The molecule has 0 bridgehead atoms. The molecule has 0 aromatic carbocycles. The largest absolute Gasteiger partial charge is 0.396 e. The average Bonchev–Trinajstić information content (AvgIpc) is 2.31. The van der Waals surface area contributed by atoms with Gasteiger partial charge in [-0.1, -0.05) is 11.6 Å². The molecule has 0 spiro atoms. The quantitative estimate of drug-likeness (QED) is 0.511. The van der Waals surface area contributed by atoms with Crippen LogP contribution in [0.4, 0.5) is 5.82 Å². The molecule has 6 nitrogen and oxygen atoms in total. The average molecular weight is 309 g/mol. The maximum atomic E-state index is 8.73. The van der Waals surface area contributed by atoms with Crippen molar-refractivity contribution in [1.29, 1.82) is 0 Å². The zero-order chi connectivity index (χ0) is 13.1. The summed E-state index contributed by atoms with van der Waals surface area (Å²) >= 11 is 17.4. The summed E-state index contributed by atoms with van der Waals surface area (Å²) in [4.78, 5) is 15.8. The van der Waals surface area contributed by atoms with Gasteiger partial charge in [0.05, 0.1) is 0 Å². The third-order valence-corrected chi connectivity index (χ3v) is 2.68. The van der Waals surface area contributed by atoms with Gasteiger partial charge in [-0.3, -0.25) is 0 Å². The fourth-order valence-electron chi connectivity index (χ4n) is 1.34. The first-order valence-corrected chi connectivity index (χ1v) is 6.16. The summed E-state index contributed by atoms with van der Waals surface area (Å²) in [6.45, 7) is 0.582. The standard InChI is InChI=1S/C9H8Cl3N5O/c10-6-4-5(15-8(11)16-6)7(13-2-1-3-18)17-9(12)14-4/h18H,1-3H2,(H,13,14,17). The van der Waals surface area contributed by atoms with Gasteiger partial charge < -0.3 is 10.4 Å². The minimum absolute atomic E-state index is 0.00336. The van der Waals surface area contributed by atoms with Gasteiger partial charge in [-0.05, 0) is 29.6 Å². The van der Waals surface area contributed by atoms with Crippen molar-refractivity contribution in [3.05, 3.63) is 15.7 Å². The number of aromatic nitrogens is 4. The predicted octanol–water partition coefficient (Wildman–Crippen LogP) is 2.17. The van der Waals surface area contributed by atoms with Crippen LogP contribution in [0.25, 0.3) is 11.0 Å². The Morgan fingerprint density at radius 1 is 0.944 bits per heavy atom. The lowest BCUT2D eigenvalue weighted by molar-refractivity contribution is 0.292. The van der Waals surface area contributed by atoms with Crippen LogP contribution in [0.2, 0.25) is 15.7 Å². The van der Waals surface area contributed by atoms with E-state index in [1.165, 1.54) is 0 Å². The molecule has 2 heterocycles. The molecule has 0 saturated heterocycles. The molecular weight excluding hydrogens is 300 g/mol. The van der Waals surface area contributed by atoms with Crippen molar-refractivity contribution >= 4 is 51.7 Å². The number of rotatable bonds is 4. The van der Waals surface area contributed by atoms with Gasteiger partial charge in [0.1, 0.15) is 11.0 Å². The topological polar surface area (TPSA) is 83.8 Å². The van der Waals surface area contributed by atoms with Crippen molar-refractivity contribution in [2.45, 2.75) is 6.42 Å². The van der Waals surface area contributed by atoms with Crippen LogP contribution in [-0.2, 0) is 0 Å². The highest BCUT2D eigenvalue weighted by Gasteiger charge is 2.13. The number of fused-ring (bicyclic) bond motifs is 1. The van der Waals surface area contributed by atoms with E-state index in [2.05, 4.69) is 25.3 Å². The smallest absolute Gasteiger partial charge is 0.225 e. The fraction of sp³-hybridized carbons (Fsp3) is 0.333. The molecule has 0 aliphatic carbocycles. The second-order valence-corrected chi connectivity index (χ2v) is 4.36. The van der Waals surface area contributed by atoms with E-state index in [0.29, 0.717) is 29.8 Å². The SMILES string of the molecule is OCCCNc1nc(Cl)nc2c(Cl)nc(Cl)nc12. The number of hydrogen-bond acceptors (Lipinski definition) is 6. The van der Waals surface area contributed by atoms with Gasteiger partial charge in [-0.15, -0.1) is 0 Å². The number of anilines is 1. The molecule has 96 valence electrons. The van der Waals surface area contributed by atoms with Gasteiger partial charge in [0, 0.05) is 13.2 Å². The van der Waals surface area contributed by atoms with Gasteiger partial charge in [-0.25, -0.2) is 15.0 Å². The van der Waals surface area contributed by atoms with E-state index >= 15 is 0 Å². The summed E-state index contributed by atoms with van der Waals surface area (Å²) in [5.74, 6) is 0.407. The Balaban J connectivity index is 2.50. The molecule has 0 amide bonds. The fourth-order valence-corrected chi connectivity index (χ4v) is 1.93. The molecule has 0 atom stereocenters. The lowest BCUT2D eigenvalue weighted by Crippen LogP contribution is -2.07. The number of nitrogens with zero attached hydrogens (tertiary/aromatic N) is 4. The first-order chi connectivity index (χ1) is 8.61. The lowest BCUT2D eigenvalue weighted by atomic mass is 10.4. The molecule has 0 radical (unpaired) electrons. The van der Waals surface area contributed by atoms with Crippen LogP contribution in [0, 0.1) is 0 Å². The third kappa shape index (κ3) is 2.89. The molecule has 2 aromatic rings. The van der Waals surface area contributed by atoms with E-state index in [0.717, 1.165) is 0 Å². The van der Waals surface area contributed by atoms with Crippen LogP contribution in [-0.4, -0.2) is 38.2 Å². The Morgan fingerprint density at radius 3 is 2.33 bits per heavy atom. The highest BCUT2D eigenvalue weighted by Crippen LogP contribution is 2.26. The molecule has 2 aromatic heterocycles. The second-order valence-electron chi connectivity index (χ2n) is 3.33. The number of nitrogens with one attached hydrogen (secondary N) is 1. The Kier molecular flexibility index (Phi) is 4.34. The highest BCUT2D eigenvalue weighted by atomic mass is 35.5. The van der Waals surface area contributed by atoms with Crippen LogP contribution < -0.4 is 5.32 Å². The van der Waals surface area contributed by atoms with E-state index in [1.54, 1.807) is 0 Å². The van der Waals surface area contributed by atoms with Crippen LogP contribution in [0.1, 0.15) is 6.42 Å². The van der Waals surface area contributed by atoms with Gasteiger partial charge in [0.2, 0.25) is 10.6 Å². The molecule has 0 unspecified atom stereocenters. The Bertz CT molecular complexity index is 580. The number of aliphatic hydroxyl groups excluding tert-OH is 1. The number of halogens is 3. The zero-order valence-corrected chi connectivity index (χ0v) is 11.3. The van der Waals surface area contributed by atoms with Gasteiger partial charge in [-0.2, -0.15) is 4.98 Å². The van der Waals surface area contributed by atoms with Gasteiger partial charge in [0.25, 0.3) is 0 Å². The van der Waals surface area contributed by atoms with Crippen molar-refractivity contribution in [1.82, 2.24) is 19.9 Å². The van der Waals surface area contributed by atoms with Crippen molar-refractivity contribution in [2.24, 2.45) is 0 Å². The van der Waals surface area contributed by atoms with E-state index in [9.17, 15) is 0 Å². The van der Waals surface area contributed by atoms with E-state index < -0.39 is 0 Å². The minimum atomic E-state index is 0.00336. The molecule has 9 heteroatoms. The molecule has 18 heavy (non-hydrogen) atoms. The maximum Gasteiger partial charge on any atom is 0.225 e. The summed E-state index contributed by atoms with van der Waals surface area (Å²) in [5, 5.41) is 11.9. The summed E-state index contributed by atoms with van der Waals surface area (Å²) < 4.78 is 0. The minimum Gasteiger partial charge on any atom is -0.396 e. The molecule has 0 aliphatic rings. The predicted molar refractivity (Wildman–Crippen MR) is 70.4 cm³/mol. The Morgan fingerprint density at radius 2 is 1.61 bits per heavy atom. The van der Waals surface area contributed by atoms with Crippen LogP contribution in [0.15, 0.2) is 0 Å². The van der Waals surface area contributed by atoms with Gasteiger partial charge >= 0.3 is 0 Å². The van der Waals surface area contributed by atoms with Crippen LogP contribution in [0.5, 0.6) is 0 Å². The zero-order valence-electron chi connectivity index (χ0n) is 8.99. The second kappa shape index (κ2) is 5.79. The van der Waals surface area contributed by atoms with Crippen molar-refractivity contribution in [3.8, 4) is 0 Å². The van der Waals surface area contributed by atoms with Crippen LogP contribution >= 0.6 is 34.8 Å². The molecule has 2 N–H and O–H groups in total. The number of aliphatic hydroxyl groups is 1. The van der Waals surface area contributed by atoms with E-state index in [4.69, 9.17) is 39.9 Å². The van der Waals surface area contributed by atoms with Crippen LogP contribution in [0.3, 0.4) is 0 Å². The molecule has 0 fully saturated rings. The highest BCUT2D eigenvalue weighted by molar-refractivity contribution is 6.36. The maximum absolute atomic E-state index is 8.73. The van der Waals surface area contributed by atoms with E-state index in [-0.39, 0.29) is 22.3 Å². The Labute approximate surface area is 117 Å². The first kappa shape index (κ1) is 13.5. The molecular formula is C9H8Cl3N5O. The number of hydrogen-bond donors (Lipinski definition) is 2. The summed E-state index contributed by atoms with van der Waals surface area (Å²) in [7, 11) is 0. The molecule has 0 saturated carbocycles. The monoisotopic (exact) mass is 307 g/mol. The summed E-state index contributed by atoms with van der Waals surface area (Å²) in [6, 6.07) is 0. The first-order valence-electron chi connectivity index (χ1n) is 5.03. The van der Waals surface area contributed by atoms with Crippen molar-refractivity contribution in [2.75, 3.05) is 18.5 Å². The van der Waals surface area contributed by atoms with Gasteiger partial charge in [0.15, 0.2) is 11.0 Å². The third-order valence-electron chi connectivity index (χ3n) is 2.07. The Hall–Kier alpha value is -0.950. The normalized spacial score (nSPS) is 10.9. The van der Waals surface area contributed by atoms with Crippen molar-refractivity contribution in [3.63, 3.8) is 0 Å². The summed E-state index contributed by atoms with van der Waals surface area (Å²) in [6.07, 6.45) is 0.565. The van der Waals surface area contributed by atoms with Crippen molar-refractivity contribution < 1.29 is 5.11 Å². The molecule has 2 rings (SSSR count). The molecule has 0 aliphatic heterocycles. The lowest BCUT2D eigenvalue weighted by Gasteiger charge is -2.08. The van der Waals surface area contributed by atoms with E-state index in [1.807, 2.05) is 0 Å².